The molecule has 46 heavy (non-hydrogen) atoms. The molecule has 1 fully saturated rings. The normalized spacial score (nSPS) is 14.8. The second-order valence-corrected chi connectivity index (χ2v) is 13.2. The predicted octanol–water partition coefficient (Wildman–Crippen LogP) is 7.66. The van der Waals surface area contributed by atoms with Crippen LogP contribution in [0.3, 0.4) is 0 Å². The molecule has 4 aromatic carbocycles. The van der Waals surface area contributed by atoms with Crippen molar-refractivity contribution in [1.82, 2.24) is 14.9 Å². The van der Waals surface area contributed by atoms with Gasteiger partial charge in [-0.15, -0.1) is 0 Å². The van der Waals surface area contributed by atoms with Crippen LogP contribution in [-0.4, -0.2) is 28.3 Å². The molecule has 0 saturated heterocycles. The minimum atomic E-state index is -0.297. The van der Waals surface area contributed by atoms with Gasteiger partial charge in [0.2, 0.25) is 5.91 Å². The fraction of sp³-hybridized carbons (Fsp3) is 0.256. The highest BCUT2D eigenvalue weighted by atomic mass is 32.2. The number of fused-ring (bicyclic) bond motifs is 4. The minimum absolute atomic E-state index is 0.0408. The van der Waals surface area contributed by atoms with Gasteiger partial charge in [0.15, 0.2) is 5.16 Å². The van der Waals surface area contributed by atoms with E-state index in [1.54, 1.807) is 11.7 Å². The van der Waals surface area contributed by atoms with Gasteiger partial charge in [-0.25, -0.2) is 4.98 Å². The topological polar surface area (TPSA) is 73.2 Å². The SMILES string of the molecule is COc1ccc(-n2c(SCC(=O)NC(c3ccccc3)c3ccccc3)nc3c(c2=O)C2(CCCCC2)Cc2ccccc2-3)cc1. The van der Waals surface area contributed by atoms with Gasteiger partial charge in [0.05, 0.1) is 35.8 Å². The molecule has 1 amide bonds. The molecule has 1 aromatic heterocycles. The van der Waals surface area contributed by atoms with Crippen molar-refractivity contribution in [3.63, 3.8) is 0 Å². The van der Waals surface area contributed by atoms with Crippen LogP contribution in [0.15, 0.2) is 119 Å². The lowest BCUT2D eigenvalue weighted by Gasteiger charge is -2.42. The predicted molar refractivity (Wildman–Crippen MR) is 184 cm³/mol. The number of ether oxygens (including phenoxy) is 1. The highest BCUT2D eigenvalue weighted by molar-refractivity contribution is 7.99. The zero-order valence-electron chi connectivity index (χ0n) is 25.9. The summed E-state index contributed by atoms with van der Waals surface area (Å²) in [7, 11) is 1.63. The van der Waals surface area contributed by atoms with Gasteiger partial charge in [-0.1, -0.05) is 116 Å². The number of methoxy groups -OCH3 is 1. The van der Waals surface area contributed by atoms with Crippen molar-refractivity contribution in [1.29, 1.82) is 0 Å². The standard InChI is InChI=1S/C39H37N3O3S/c1-45-31-21-19-30(20-22-31)42-37(44)34-36(32-18-10-9-17-29(32)25-39(34)23-11-4-12-24-39)41-38(42)46-26-33(43)40-35(27-13-5-2-6-14-27)28-15-7-3-8-16-28/h2-3,5-10,13-22,35H,4,11-12,23-26H2,1H3,(H,40,43). The zero-order valence-corrected chi connectivity index (χ0v) is 26.8. The summed E-state index contributed by atoms with van der Waals surface area (Å²) in [5, 5.41) is 3.74. The van der Waals surface area contributed by atoms with E-state index in [0.29, 0.717) is 16.6 Å². The molecule has 0 bridgehead atoms. The van der Waals surface area contributed by atoms with E-state index in [2.05, 4.69) is 23.5 Å². The average Bonchev–Trinajstić information content (AvgIpc) is 3.11. The molecule has 2 aliphatic rings. The number of rotatable bonds is 8. The lowest BCUT2D eigenvalue weighted by molar-refractivity contribution is -0.119. The van der Waals surface area contributed by atoms with Crippen LogP contribution < -0.4 is 15.6 Å². The van der Waals surface area contributed by atoms with Gasteiger partial charge >= 0.3 is 0 Å². The number of hydrogen-bond donors (Lipinski definition) is 1. The van der Waals surface area contributed by atoms with Gasteiger partial charge in [0, 0.05) is 11.0 Å². The number of amides is 1. The van der Waals surface area contributed by atoms with E-state index in [9.17, 15) is 9.59 Å². The first-order valence-electron chi connectivity index (χ1n) is 16.0. The number of thioether (sulfide) groups is 1. The molecule has 7 rings (SSSR count). The Labute approximate surface area is 273 Å². The van der Waals surface area contributed by atoms with Crippen molar-refractivity contribution >= 4 is 17.7 Å². The van der Waals surface area contributed by atoms with Crippen molar-refractivity contribution in [2.75, 3.05) is 12.9 Å². The third-order valence-electron chi connectivity index (χ3n) is 9.43. The Hall–Kier alpha value is -4.62. The molecule has 6 nitrogen and oxygen atoms in total. The number of carbonyl (C=O) groups excluding carboxylic acids is 1. The van der Waals surface area contributed by atoms with Gasteiger partial charge in [-0.05, 0) is 60.2 Å². The third-order valence-corrected chi connectivity index (χ3v) is 10.4. The van der Waals surface area contributed by atoms with Gasteiger partial charge in [0.1, 0.15) is 5.75 Å². The number of aromatic nitrogens is 2. The van der Waals surface area contributed by atoms with Crippen LogP contribution in [0.1, 0.15) is 60.4 Å². The number of hydrogen-bond acceptors (Lipinski definition) is 5. The summed E-state index contributed by atoms with van der Waals surface area (Å²) in [5.41, 5.74) is 6.30. The fourth-order valence-electron chi connectivity index (χ4n) is 7.23. The summed E-state index contributed by atoms with van der Waals surface area (Å²) in [5.74, 6) is 0.673. The molecule has 5 aromatic rings. The van der Waals surface area contributed by atoms with E-state index in [4.69, 9.17) is 9.72 Å². The molecule has 0 atom stereocenters. The number of benzene rings is 4. The first-order chi connectivity index (χ1) is 22.6. The van der Waals surface area contributed by atoms with E-state index >= 15 is 0 Å². The maximum absolute atomic E-state index is 14.8. The summed E-state index contributed by atoms with van der Waals surface area (Å²) in [6, 6.07) is 35.5. The Kier molecular flexibility index (Phi) is 8.50. The Balaban J connectivity index is 1.29. The summed E-state index contributed by atoms with van der Waals surface area (Å²) in [6.07, 6.45) is 6.19. The maximum Gasteiger partial charge on any atom is 0.263 e. The molecule has 2 aliphatic carbocycles. The van der Waals surface area contributed by atoms with Crippen LogP contribution in [-0.2, 0) is 16.6 Å². The van der Waals surface area contributed by atoms with Gasteiger partial charge in [-0.3, -0.25) is 14.2 Å². The number of nitrogens with one attached hydrogen (secondary N) is 1. The highest BCUT2D eigenvalue weighted by Gasteiger charge is 2.43. The second-order valence-electron chi connectivity index (χ2n) is 12.2. The fourth-order valence-corrected chi connectivity index (χ4v) is 8.04. The van der Waals surface area contributed by atoms with E-state index < -0.39 is 0 Å². The van der Waals surface area contributed by atoms with Crippen molar-refractivity contribution in [3.8, 4) is 22.7 Å². The molecule has 232 valence electrons. The van der Waals surface area contributed by atoms with Gasteiger partial charge in [-0.2, -0.15) is 0 Å². The molecule has 1 spiro atoms. The molecule has 1 heterocycles. The van der Waals surface area contributed by atoms with Crippen molar-refractivity contribution < 1.29 is 9.53 Å². The summed E-state index contributed by atoms with van der Waals surface area (Å²) < 4.78 is 7.13. The quantitative estimate of drug-likeness (QED) is 0.141. The monoisotopic (exact) mass is 627 g/mol. The van der Waals surface area contributed by atoms with Crippen LogP contribution in [0.5, 0.6) is 5.75 Å². The second kappa shape index (κ2) is 13.0. The van der Waals surface area contributed by atoms with E-state index in [-0.39, 0.29) is 28.7 Å². The average molecular weight is 628 g/mol. The number of carbonyl (C=O) groups is 1. The Morgan fingerprint density at radius 2 is 1.50 bits per heavy atom. The molecule has 1 saturated carbocycles. The number of nitrogens with zero attached hydrogens (tertiary/aromatic N) is 2. The van der Waals surface area contributed by atoms with Crippen LogP contribution in [0.25, 0.3) is 16.9 Å². The van der Waals surface area contributed by atoms with Crippen molar-refractivity contribution in [2.45, 2.75) is 55.1 Å². The lowest BCUT2D eigenvalue weighted by Crippen LogP contribution is -2.43. The molecule has 1 N–H and O–H groups in total. The minimum Gasteiger partial charge on any atom is -0.497 e. The van der Waals surface area contributed by atoms with Crippen LogP contribution in [0, 0.1) is 0 Å². The van der Waals surface area contributed by atoms with Crippen LogP contribution in [0.2, 0.25) is 0 Å². The van der Waals surface area contributed by atoms with Crippen molar-refractivity contribution in [2.24, 2.45) is 0 Å². The largest absolute Gasteiger partial charge is 0.497 e. The first-order valence-corrected chi connectivity index (χ1v) is 17.0. The van der Waals surface area contributed by atoms with Crippen LogP contribution in [0.4, 0.5) is 0 Å². The Morgan fingerprint density at radius 3 is 2.15 bits per heavy atom. The van der Waals surface area contributed by atoms with E-state index in [1.165, 1.54) is 23.7 Å². The first kappa shape index (κ1) is 30.1. The van der Waals surface area contributed by atoms with Crippen LogP contribution >= 0.6 is 11.8 Å². The molecular weight excluding hydrogens is 591 g/mol. The van der Waals surface area contributed by atoms with Gasteiger partial charge < -0.3 is 10.1 Å². The molecule has 7 heteroatoms. The molecule has 0 unspecified atom stereocenters. The summed E-state index contributed by atoms with van der Waals surface area (Å²) in [4.78, 5) is 33.8. The molecule has 0 radical (unpaired) electrons. The summed E-state index contributed by atoms with van der Waals surface area (Å²) in [6.45, 7) is 0. The third kappa shape index (κ3) is 5.76. The summed E-state index contributed by atoms with van der Waals surface area (Å²) >= 11 is 1.30. The smallest absolute Gasteiger partial charge is 0.263 e. The van der Waals surface area contributed by atoms with Crippen molar-refractivity contribution in [3.05, 3.63) is 142 Å². The van der Waals surface area contributed by atoms with E-state index in [0.717, 1.165) is 60.1 Å². The zero-order chi connectivity index (χ0) is 31.5. The lowest BCUT2D eigenvalue weighted by atomic mass is 9.62. The van der Waals surface area contributed by atoms with E-state index in [1.807, 2.05) is 91.0 Å². The Morgan fingerprint density at radius 1 is 0.870 bits per heavy atom. The highest BCUT2D eigenvalue weighted by Crippen LogP contribution is 2.49. The maximum atomic E-state index is 14.8. The Bertz CT molecular complexity index is 1860. The van der Waals surface area contributed by atoms with Gasteiger partial charge in [0.25, 0.3) is 5.56 Å². The molecule has 0 aliphatic heterocycles. The molecular formula is C39H37N3O3S.